The first-order valence-corrected chi connectivity index (χ1v) is 8.48. The van der Waals surface area contributed by atoms with E-state index in [-0.39, 0.29) is 11.1 Å². The first-order chi connectivity index (χ1) is 13.8. The predicted octanol–water partition coefficient (Wildman–Crippen LogP) is 1.76. The Labute approximate surface area is 164 Å². The summed E-state index contributed by atoms with van der Waals surface area (Å²) in [6.07, 6.45) is -1.19. The average Bonchev–Trinajstić information content (AvgIpc) is 2.93. The van der Waals surface area contributed by atoms with E-state index in [2.05, 4.69) is 5.32 Å². The summed E-state index contributed by atoms with van der Waals surface area (Å²) in [5, 5.41) is 13.7. The monoisotopic (exact) mass is 397 g/mol. The molecule has 0 aromatic heterocycles. The third kappa shape index (κ3) is 3.95. The fourth-order valence-corrected chi connectivity index (χ4v) is 2.79. The van der Waals surface area contributed by atoms with Gasteiger partial charge in [-0.2, -0.15) is 0 Å². The summed E-state index contributed by atoms with van der Waals surface area (Å²) in [6.45, 7) is 0.565. The maximum absolute atomic E-state index is 12.4. The zero-order valence-corrected chi connectivity index (χ0v) is 15.2. The summed E-state index contributed by atoms with van der Waals surface area (Å²) >= 11 is 0. The van der Waals surface area contributed by atoms with Crippen LogP contribution in [0, 0.1) is 10.1 Å². The van der Waals surface area contributed by atoms with Crippen molar-refractivity contribution in [3.8, 4) is 0 Å². The third-order valence-corrected chi connectivity index (χ3v) is 4.18. The van der Waals surface area contributed by atoms with Crippen molar-refractivity contribution in [1.29, 1.82) is 0 Å². The number of esters is 1. The van der Waals surface area contributed by atoms with E-state index in [0.29, 0.717) is 10.6 Å². The second kappa shape index (κ2) is 7.89. The van der Waals surface area contributed by atoms with Crippen LogP contribution < -0.4 is 5.32 Å². The van der Waals surface area contributed by atoms with E-state index in [1.807, 2.05) is 0 Å². The van der Waals surface area contributed by atoms with Gasteiger partial charge < -0.3 is 10.1 Å². The van der Waals surface area contributed by atoms with E-state index in [1.165, 1.54) is 19.1 Å². The molecule has 0 unspecified atom stereocenters. The van der Waals surface area contributed by atoms with Gasteiger partial charge in [-0.3, -0.25) is 34.2 Å². The molecule has 2 aromatic rings. The summed E-state index contributed by atoms with van der Waals surface area (Å²) in [5.41, 5.74) is -0.544. The Morgan fingerprint density at radius 2 is 1.79 bits per heavy atom. The molecule has 0 aliphatic carbocycles. The highest BCUT2D eigenvalue weighted by Gasteiger charge is 2.42. The summed E-state index contributed by atoms with van der Waals surface area (Å²) in [5.74, 6) is -3.40. The van der Waals surface area contributed by atoms with Crippen LogP contribution in [0.1, 0.15) is 27.6 Å². The number of nitro groups is 1. The van der Waals surface area contributed by atoms with Crippen LogP contribution in [0.5, 0.6) is 0 Å². The lowest BCUT2D eigenvalue weighted by atomic mass is 10.1. The Balaban J connectivity index is 1.66. The molecule has 29 heavy (non-hydrogen) atoms. The van der Waals surface area contributed by atoms with Gasteiger partial charge in [0.15, 0.2) is 6.10 Å². The van der Waals surface area contributed by atoms with Crippen molar-refractivity contribution in [3.63, 3.8) is 0 Å². The number of nitro benzene ring substituents is 1. The van der Waals surface area contributed by atoms with Crippen LogP contribution in [-0.4, -0.2) is 46.2 Å². The fourth-order valence-electron chi connectivity index (χ4n) is 2.79. The summed E-state index contributed by atoms with van der Waals surface area (Å²) in [7, 11) is 0. The summed E-state index contributed by atoms with van der Waals surface area (Å²) < 4.78 is 4.99. The summed E-state index contributed by atoms with van der Waals surface area (Å²) in [6, 6.07) is 12.1. The number of benzene rings is 2. The van der Waals surface area contributed by atoms with Gasteiger partial charge in [0.25, 0.3) is 23.4 Å². The number of imide groups is 1. The van der Waals surface area contributed by atoms with Crippen LogP contribution in [0.3, 0.4) is 0 Å². The smallest absolute Gasteiger partial charge is 0.326 e. The minimum atomic E-state index is -1.19. The number of fused-ring (bicyclic) bond motifs is 1. The highest BCUT2D eigenvalue weighted by molar-refractivity contribution is 6.24. The normalized spacial score (nSPS) is 13.6. The number of carbonyl (C=O) groups is 4. The van der Waals surface area contributed by atoms with Gasteiger partial charge in [0.2, 0.25) is 0 Å². The lowest BCUT2D eigenvalue weighted by Gasteiger charge is -2.16. The molecule has 10 nitrogen and oxygen atoms in total. The number of hydrogen-bond donors (Lipinski definition) is 1. The van der Waals surface area contributed by atoms with Crippen LogP contribution in [0.15, 0.2) is 48.5 Å². The number of hydrogen-bond acceptors (Lipinski definition) is 7. The number of amides is 3. The van der Waals surface area contributed by atoms with E-state index in [1.54, 1.807) is 30.3 Å². The van der Waals surface area contributed by atoms with Gasteiger partial charge in [-0.1, -0.05) is 24.3 Å². The Hall–Kier alpha value is -4.08. The van der Waals surface area contributed by atoms with Crippen LogP contribution >= 0.6 is 0 Å². The maximum Gasteiger partial charge on any atom is 0.326 e. The Kier molecular flexibility index (Phi) is 5.35. The van der Waals surface area contributed by atoms with Gasteiger partial charge in [0.1, 0.15) is 12.1 Å². The number of ether oxygens (including phenoxy) is 1. The number of para-hydroxylation sites is 1. The molecule has 3 rings (SSSR count). The van der Waals surface area contributed by atoms with E-state index in [4.69, 9.17) is 4.74 Å². The van der Waals surface area contributed by atoms with Gasteiger partial charge in [-0.05, 0) is 25.1 Å². The van der Waals surface area contributed by atoms with Gasteiger partial charge in [-0.25, -0.2) is 0 Å². The summed E-state index contributed by atoms with van der Waals surface area (Å²) in [4.78, 5) is 59.9. The first kappa shape index (κ1) is 19.7. The molecule has 0 bridgehead atoms. The molecule has 0 saturated heterocycles. The van der Waals surface area contributed by atoms with Crippen molar-refractivity contribution >= 4 is 35.1 Å². The minimum absolute atomic E-state index is 0.160. The van der Waals surface area contributed by atoms with Crippen LogP contribution in [-0.2, 0) is 14.3 Å². The average molecular weight is 397 g/mol. The minimum Gasteiger partial charge on any atom is -0.451 e. The third-order valence-electron chi connectivity index (χ3n) is 4.18. The zero-order valence-electron chi connectivity index (χ0n) is 15.2. The first-order valence-electron chi connectivity index (χ1n) is 8.48. The molecule has 0 radical (unpaired) electrons. The van der Waals surface area contributed by atoms with Crippen LogP contribution in [0.4, 0.5) is 11.4 Å². The fraction of sp³-hybridized carbons (Fsp3) is 0.158. The quantitative estimate of drug-likeness (QED) is 0.339. The second-order valence-electron chi connectivity index (χ2n) is 6.14. The molecule has 1 aliphatic rings. The molecule has 2 aromatic carbocycles. The lowest BCUT2D eigenvalue weighted by molar-refractivity contribution is -0.385. The molecule has 0 spiro atoms. The number of rotatable bonds is 6. The van der Waals surface area contributed by atoms with E-state index in [0.717, 1.165) is 6.07 Å². The molecular formula is C19H15N3O7. The number of carbonyl (C=O) groups excluding carboxylic acids is 4. The molecule has 1 heterocycles. The molecule has 10 heteroatoms. The van der Waals surface area contributed by atoms with Gasteiger partial charge in [-0.15, -0.1) is 0 Å². The number of nitrogens with zero attached hydrogens (tertiary/aromatic N) is 2. The van der Waals surface area contributed by atoms with E-state index >= 15 is 0 Å². The lowest BCUT2D eigenvalue weighted by Crippen LogP contribution is -2.38. The highest BCUT2D eigenvalue weighted by atomic mass is 16.6. The van der Waals surface area contributed by atoms with Crippen molar-refractivity contribution in [2.45, 2.75) is 13.0 Å². The van der Waals surface area contributed by atoms with Gasteiger partial charge in [0, 0.05) is 11.8 Å². The maximum atomic E-state index is 12.4. The zero-order chi connectivity index (χ0) is 21.1. The molecule has 0 fully saturated rings. The number of nitrogens with one attached hydrogen (secondary N) is 1. The van der Waals surface area contributed by atoms with E-state index in [9.17, 15) is 29.3 Å². The van der Waals surface area contributed by atoms with Crippen molar-refractivity contribution < 1.29 is 28.8 Å². The van der Waals surface area contributed by atoms with Crippen molar-refractivity contribution in [2.75, 3.05) is 11.9 Å². The Morgan fingerprint density at radius 1 is 1.10 bits per heavy atom. The van der Waals surface area contributed by atoms with Gasteiger partial charge >= 0.3 is 5.97 Å². The van der Waals surface area contributed by atoms with Crippen molar-refractivity contribution in [2.24, 2.45) is 0 Å². The highest BCUT2D eigenvalue weighted by Crippen LogP contribution is 2.30. The Bertz CT molecular complexity index is 1020. The van der Waals surface area contributed by atoms with Crippen LogP contribution in [0.2, 0.25) is 0 Å². The Morgan fingerprint density at radius 3 is 2.45 bits per heavy atom. The van der Waals surface area contributed by atoms with E-state index < -0.39 is 47.0 Å². The molecule has 3 amide bonds. The largest absolute Gasteiger partial charge is 0.451 e. The topological polar surface area (TPSA) is 136 Å². The van der Waals surface area contributed by atoms with Crippen molar-refractivity contribution in [3.05, 3.63) is 69.8 Å². The molecule has 1 atom stereocenters. The second-order valence-corrected chi connectivity index (χ2v) is 6.14. The SMILES string of the molecule is C[C@@H](OC(=O)CN1C(=O)c2cccc([N+](=O)[O-])c2C1=O)C(=O)Nc1ccccc1. The number of anilines is 1. The van der Waals surface area contributed by atoms with Crippen molar-refractivity contribution in [1.82, 2.24) is 4.90 Å². The van der Waals surface area contributed by atoms with Crippen LogP contribution in [0.25, 0.3) is 0 Å². The molecule has 0 saturated carbocycles. The standard InChI is InChI=1S/C19H15N3O7/c1-11(17(24)20-12-6-3-2-4-7-12)29-15(23)10-21-18(25)13-8-5-9-14(22(27)28)16(13)19(21)26/h2-9,11H,10H2,1H3,(H,20,24)/t11-/m1/s1. The molecule has 1 aliphatic heterocycles. The van der Waals surface area contributed by atoms with Gasteiger partial charge in [0.05, 0.1) is 10.5 Å². The molecule has 148 valence electrons. The molecule has 1 N–H and O–H groups in total. The molecular weight excluding hydrogens is 382 g/mol. The predicted molar refractivity (Wildman–Crippen MR) is 99.1 cm³/mol.